The summed E-state index contributed by atoms with van der Waals surface area (Å²) in [6.07, 6.45) is 0.306. The number of carbonyl (C=O) groups is 2. The minimum atomic E-state index is -0.338. The Labute approximate surface area is 178 Å². The average Bonchev–Trinajstić information content (AvgIpc) is 3.14. The number of hydrogen-bond donors (Lipinski definition) is 3. The molecule has 0 bridgehead atoms. The fourth-order valence-electron chi connectivity index (χ4n) is 2.89. The van der Waals surface area contributed by atoms with E-state index in [9.17, 15) is 9.59 Å². The van der Waals surface area contributed by atoms with E-state index in [0.717, 1.165) is 11.3 Å². The largest absolute Gasteiger partial charge is 0.379 e. The fraction of sp³-hybridized carbons (Fsp3) is 0.350. The SMILES string of the molecule is [N-]=[N+]=NCCOCCOCCNc1cccc(C(=O)Nc2ccc3c(c2)CC(=O)N3)n1. The molecule has 1 aromatic carbocycles. The number of benzene rings is 1. The normalized spacial score (nSPS) is 11.9. The van der Waals surface area contributed by atoms with Crippen LogP contribution in [0.2, 0.25) is 0 Å². The maximum absolute atomic E-state index is 12.5. The van der Waals surface area contributed by atoms with Crippen molar-refractivity contribution < 1.29 is 19.1 Å². The lowest BCUT2D eigenvalue weighted by Crippen LogP contribution is -2.16. The molecule has 0 atom stereocenters. The summed E-state index contributed by atoms with van der Waals surface area (Å²) in [5, 5.41) is 12.0. The van der Waals surface area contributed by atoms with Crippen LogP contribution in [0.15, 0.2) is 41.5 Å². The Morgan fingerprint density at radius 2 is 2.03 bits per heavy atom. The zero-order chi connectivity index (χ0) is 21.9. The molecule has 3 N–H and O–H groups in total. The monoisotopic (exact) mass is 425 g/mol. The van der Waals surface area contributed by atoms with Gasteiger partial charge in [-0.1, -0.05) is 11.2 Å². The lowest BCUT2D eigenvalue weighted by Gasteiger charge is -2.09. The first-order chi connectivity index (χ1) is 15.2. The molecular formula is C20H23N7O4. The lowest BCUT2D eigenvalue weighted by molar-refractivity contribution is -0.115. The van der Waals surface area contributed by atoms with Crippen LogP contribution in [0.25, 0.3) is 10.4 Å². The molecule has 0 saturated heterocycles. The maximum atomic E-state index is 12.5. The van der Waals surface area contributed by atoms with Crippen molar-refractivity contribution >= 4 is 29.0 Å². The molecule has 162 valence electrons. The molecule has 1 aromatic heterocycles. The fourth-order valence-corrected chi connectivity index (χ4v) is 2.89. The molecule has 0 saturated carbocycles. The topological polar surface area (TPSA) is 150 Å². The molecule has 0 unspecified atom stereocenters. The Bertz CT molecular complexity index is 976. The molecule has 0 aliphatic carbocycles. The molecule has 2 aromatic rings. The van der Waals surface area contributed by atoms with Gasteiger partial charge in [-0.2, -0.15) is 0 Å². The van der Waals surface area contributed by atoms with Crippen LogP contribution in [-0.4, -0.2) is 56.3 Å². The number of amides is 2. The van der Waals surface area contributed by atoms with Gasteiger partial charge in [0, 0.05) is 29.4 Å². The third kappa shape index (κ3) is 6.96. The average molecular weight is 425 g/mol. The first-order valence-electron chi connectivity index (χ1n) is 9.77. The van der Waals surface area contributed by atoms with Gasteiger partial charge < -0.3 is 25.4 Å². The van der Waals surface area contributed by atoms with Crippen molar-refractivity contribution in [1.82, 2.24) is 4.98 Å². The van der Waals surface area contributed by atoms with Crippen LogP contribution in [0.5, 0.6) is 0 Å². The van der Waals surface area contributed by atoms with Crippen molar-refractivity contribution in [1.29, 1.82) is 0 Å². The quantitative estimate of drug-likeness (QED) is 0.206. The van der Waals surface area contributed by atoms with Gasteiger partial charge >= 0.3 is 0 Å². The van der Waals surface area contributed by atoms with Gasteiger partial charge in [-0.3, -0.25) is 9.59 Å². The van der Waals surface area contributed by atoms with E-state index in [1.165, 1.54) is 0 Å². The Morgan fingerprint density at radius 3 is 2.87 bits per heavy atom. The molecule has 3 rings (SSSR count). The van der Waals surface area contributed by atoms with Crippen LogP contribution < -0.4 is 16.0 Å². The van der Waals surface area contributed by atoms with Crippen LogP contribution in [0.1, 0.15) is 16.1 Å². The molecular weight excluding hydrogens is 402 g/mol. The lowest BCUT2D eigenvalue weighted by atomic mass is 10.1. The number of nitrogens with one attached hydrogen (secondary N) is 3. The molecule has 11 heteroatoms. The zero-order valence-corrected chi connectivity index (χ0v) is 16.8. The van der Waals surface area contributed by atoms with E-state index < -0.39 is 0 Å². The highest BCUT2D eigenvalue weighted by Crippen LogP contribution is 2.26. The predicted molar refractivity (Wildman–Crippen MR) is 115 cm³/mol. The van der Waals surface area contributed by atoms with E-state index in [1.54, 1.807) is 36.4 Å². The van der Waals surface area contributed by atoms with Crippen molar-refractivity contribution in [3.05, 3.63) is 58.1 Å². The number of ether oxygens (including phenoxy) is 2. The number of pyridine rings is 1. The van der Waals surface area contributed by atoms with E-state index in [-0.39, 0.29) is 17.5 Å². The molecule has 1 aliphatic rings. The summed E-state index contributed by atoms with van der Waals surface area (Å²) in [5.41, 5.74) is 10.6. The highest BCUT2D eigenvalue weighted by atomic mass is 16.5. The number of hydrogen-bond acceptors (Lipinski definition) is 7. The van der Waals surface area contributed by atoms with Gasteiger partial charge in [0.2, 0.25) is 5.91 Å². The highest BCUT2D eigenvalue weighted by Gasteiger charge is 2.18. The molecule has 2 amide bonds. The summed E-state index contributed by atoms with van der Waals surface area (Å²) < 4.78 is 10.7. The predicted octanol–water partition coefficient (Wildman–Crippen LogP) is 2.58. The van der Waals surface area contributed by atoms with Crippen LogP contribution in [0, 0.1) is 0 Å². The molecule has 2 heterocycles. The van der Waals surface area contributed by atoms with Gasteiger partial charge in [-0.15, -0.1) is 0 Å². The molecule has 1 aliphatic heterocycles. The standard InChI is InChI=1S/C20H23N7O4/c21-27-23-7-9-31-11-10-30-8-6-22-18-3-1-2-17(25-18)20(29)24-15-4-5-16-14(12-15)13-19(28)26-16/h1-5,12H,6-11,13H2,(H,22,25)(H,24,29)(H,26,28). The Hall–Kier alpha value is -3.66. The van der Waals surface area contributed by atoms with Gasteiger partial charge in [0.15, 0.2) is 0 Å². The van der Waals surface area contributed by atoms with Crippen molar-refractivity contribution in [2.45, 2.75) is 6.42 Å². The van der Waals surface area contributed by atoms with Gasteiger partial charge in [0.25, 0.3) is 5.91 Å². The number of fused-ring (bicyclic) bond motifs is 1. The smallest absolute Gasteiger partial charge is 0.274 e. The summed E-state index contributed by atoms with van der Waals surface area (Å²) in [6, 6.07) is 10.4. The summed E-state index contributed by atoms with van der Waals surface area (Å²) >= 11 is 0. The first kappa shape index (κ1) is 22.0. The second-order valence-electron chi connectivity index (χ2n) is 6.57. The Morgan fingerprint density at radius 1 is 1.19 bits per heavy atom. The summed E-state index contributed by atoms with van der Waals surface area (Å²) in [7, 11) is 0. The van der Waals surface area contributed by atoms with Gasteiger partial charge in [0.05, 0.1) is 32.8 Å². The molecule has 0 fully saturated rings. The van der Waals surface area contributed by atoms with Crippen molar-refractivity contribution in [2.24, 2.45) is 5.11 Å². The van der Waals surface area contributed by atoms with Crippen molar-refractivity contribution in [3.63, 3.8) is 0 Å². The van der Waals surface area contributed by atoms with Gasteiger partial charge in [-0.05, 0) is 41.4 Å². The minimum absolute atomic E-state index is 0.0549. The van der Waals surface area contributed by atoms with Crippen molar-refractivity contribution in [3.8, 4) is 0 Å². The van der Waals surface area contributed by atoms with Crippen LogP contribution >= 0.6 is 0 Å². The second kappa shape index (κ2) is 11.5. The van der Waals surface area contributed by atoms with Gasteiger partial charge in [-0.25, -0.2) is 4.98 Å². The Balaban J connectivity index is 1.39. The van der Waals surface area contributed by atoms with E-state index in [2.05, 4.69) is 31.0 Å². The number of nitrogens with zero attached hydrogens (tertiary/aromatic N) is 4. The van der Waals surface area contributed by atoms with E-state index in [1.807, 2.05) is 0 Å². The molecule has 31 heavy (non-hydrogen) atoms. The highest BCUT2D eigenvalue weighted by molar-refractivity contribution is 6.04. The number of aromatic nitrogens is 1. The number of azide groups is 1. The number of rotatable bonds is 12. The third-order valence-electron chi connectivity index (χ3n) is 4.29. The second-order valence-corrected chi connectivity index (χ2v) is 6.57. The number of carbonyl (C=O) groups excluding carboxylic acids is 2. The van der Waals surface area contributed by atoms with E-state index >= 15 is 0 Å². The summed E-state index contributed by atoms with van der Waals surface area (Å²) in [5.74, 6) is 0.168. The molecule has 0 spiro atoms. The molecule has 0 radical (unpaired) electrons. The van der Waals surface area contributed by atoms with Crippen LogP contribution in [0.3, 0.4) is 0 Å². The number of anilines is 3. The summed E-state index contributed by atoms with van der Waals surface area (Å²) in [6.45, 7) is 2.47. The summed E-state index contributed by atoms with van der Waals surface area (Å²) in [4.78, 5) is 30.9. The first-order valence-corrected chi connectivity index (χ1v) is 9.77. The zero-order valence-electron chi connectivity index (χ0n) is 16.8. The minimum Gasteiger partial charge on any atom is -0.379 e. The van der Waals surface area contributed by atoms with Crippen molar-refractivity contribution in [2.75, 3.05) is 55.5 Å². The maximum Gasteiger partial charge on any atom is 0.274 e. The van der Waals surface area contributed by atoms with Crippen LogP contribution in [-0.2, 0) is 20.7 Å². The Kier molecular flexibility index (Phi) is 8.18. The van der Waals surface area contributed by atoms with Gasteiger partial charge in [0.1, 0.15) is 11.5 Å². The van der Waals surface area contributed by atoms with E-state index in [0.29, 0.717) is 57.4 Å². The third-order valence-corrected chi connectivity index (χ3v) is 4.29. The van der Waals surface area contributed by atoms with E-state index in [4.69, 9.17) is 15.0 Å². The molecule has 11 nitrogen and oxygen atoms in total. The van der Waals surface area contributed by atoms with Crippen LogP contribution in [0.4, 0.5) is 17.2 Å².